The molecule has 1 aliphatic heterocycles. The highest BCUT2D eigenvalue weighted by Crippen LogP contribution is 2.26. The highest BCUT2D eigenvalue weighted by Gasteiger charge is 2.38. The van der Waals surface area contributed by atoms with E-state index in [1.54, 1.807) is 0 Å². The minimum absolute atomic E-state index is 0.0324. The van der Waals surface area contributed by atoms with Crippen LogP contribution in [0.25, 0.3) is 10.9 Å². The number of amides is 1. The van der Waals surface area contributed by atoms with Crippen LogP contribution in [0.3, 0.4) is 0 Å². The van der Waals surface area contributed by atoms with E-state index in [9.17, 15) is 4.79 Å². The van der Waals surface area contributed by atoms with Crippen LogP contribution in [0.15, 0.2) is 18.2 Å². The van der Waals surface area contributed by atoms with E-state index >= 15 is 0 Å². The lowest BCUT2D eigenvalue weighted by Gasteiger charge is -2.28. The first-order valence-electron chi connectivity index (χ1n) is 7.44. The number of nitrogens with one attached hydrogen (secondary N) is 2. The van der Waals surface area contributed by atoms with Crippen LogP contribution in [0.1, 0.15) is 41.9 Å². The summed E-state index contributed by atoms with van der Waals surface area (Å²) in [6.45, 7) is 8.88. The Morgan fingerprint density at radius 2 is 2.19 bits per heavy atom. The smallest absolute Gasteiger partial charge is 0.251 e. The van der Waals surface area contributed by atoms with Gasteiger partial charge < -0.3 is 15.0 Å². The van der Waals surface area contributed by atoms with Crippen molar-refractivity contribution in [3.05, 3.63) is 35.0 Å². The van der Waals surface area contributed by atoms with Gasteiger partial charge in [0.25, 0.3) is 5.91 Å². The van der Waals surface area contributed by atoms with Crippen molar-refractivity contribution in [3.8, 4) is 0 Å². The average molecular weight is 286 g/mol. The van der Waals surface area contributed by atoms with Gasteiger partial charge in [-0.1, -0.05) is 0 Å². The summed E-state index contributed by atoms with van der Waals surface area (Å²) < 4.78 is 5.58. The quantitative estimate of drug-likeness (QED) is 0.891. The van der Waals surface area contributed by atoms with Gasteiger partial charge in [0.05, 0.1) is 11.6 Å². The lowest BCUT2D eigenvalue weighted by molar-refractivity contribution is 0.0727. The Hall–Kier alpha value is -1.81. The molecule has 0 spiro atoms. The molecule has 0 aliphatic carbocycles. The van der Waals surface area contributed by atoms with Gasteiger partial charge in [-0.25, -0.2) is 0 Å². The molecule has 2 atom stereocenters. The van der Waals surface area contributed by atoms with E-state index in [0.717, 1.165) is 23.0 Å². The van der Waals surface area contributed by atoms with Crippen molar-refractivity contribution in [2.45, 2.75) is 45.8 Å². The van der Waals surface area contributed by atoms with Crippen molar-refractivity contribution < 1.29 is 9.53 Å². The van der Waals surface area contributed by atoms with Crippen molar-refractivity contribution in [2.75, 3.05) is 6.61 Å². The average Bonchev–Trinajstić information content (AvgIpc) is 2.91. The maximum atomic E-state index is 12.5. The van der Waals surface area contributed by atoms with E-state index in [4.69, 9.17) is 4.74 Å². The second kappa shape index (κ2) is 4.88. The number of H-pyrrole nitrogens is 1. The fraction of sp³-hybridized carbons (Fsp3) is 0.471. The third-order valence-corrected chi connectivity index (χ3v) is 4.86. The molecule has 1 aromatic heterocycles. The van der Waals surface area contributed by atoms with Crippen molar-refractivity contribution in [3.63, 3.8) is 0 Å². The Bertz CT molecular complexity index is 704. The molecule has 1 aromatic carbocycles. The van der Waals surface area contributed by atoms with Crippen LogP contribution in [-0.2, 0) is 4.74 Å². The second-order valence-electron chi connectivity index (χ2n) is 6.27. The lowest BCUT2D eigenvalue weighted by atomic mass is 9.94. The lowest BCUT2D eigenvalue weighted by Crippen LogP contribution is -2.50. The Labute approximate surface area is 124 Å². The molecule has 2 N–H and O–H groups in total. The van der Waals surface area contributed by atoms with E-state index in [1.165, 1.54) is 5.56 Å². The number of hydrogen-bond donors (Lipinski definition) is 2. The van der Waals surface area contributed by atoms with Crippen LogP contribution in [0.5, 0.6) is 0 Å². The van der Waals surface area contributed by atoms with E-state index in [2.05, 4.69) is 17.2 Å². The minimum atomic E-state index is -0.283. The summed E-state index contributed by atoms with van der Waals surface area (Å²) in [5.41, 5.74) is 3.83. The fourth-order valence-electron chi connectivity index (χ4n) is 2.93. The number of aromatic amines is 1. The zero-order valence-corrected chi connectivity index (χ0v) is 13.0. The van der Waals surface area contributed by atoms with Gasteiger partial charge in [-0.05, 0) is 57.9 Å². The van der Waals surface area contributed by atoms with Crippen LogP contribution in [-0.4, -0.2) is 29.1 Å². The van der Waals surface area contributed by atoms with Gasteiger partial charge in [-0.15, -0.1) is 0 Å². The maximum absolute atomic E-state index is 12.5. The summed E-state index contributed by atoms with van der Waals surface area (Å²) in [7, 11) is 0. The molecule has 4 nitrogen and oxygen atoms in total. The molecule has 112 valence electrons. The number of rotatable bonds is 2. The number of carbonyl (C=O) groups excluding carboxylic acids is 1. The highest BCUT2D eigenvalue weighted by atomic mass is 16.5. The number of aromatic nitrogens is 1. The Balaban J connectivity index is 1.89. The molecular weight excluding hydrogens is 264 g/mol. The molecule has 0 saturated carbocycles. The third-order valence-electron chi connectivity index (χ3n) is 4.86. The zero-order chi connectivity index (χ0) is 15.2. The molecule has 2 unspecified atom stereocenters. The highest BCUT2D eigenvalue weighted by molar-refractivity contribution is 5.99. The first-order chi connectivity index (χ1) is 9.90. The minimum Gasteiger partial charge on any atom is -0.376 e. The summed E-state index contributed by atoms with van der Waals surface area (Å²) in [4.78, 5) is 15.9. The predicted octanol–water partition coefficient (Wildman–Crippen LogP) is 3.08. The van der Waals surface area contributed by atoms with Gasteiger partial charge >= 0.3 is 0 Å². The molecule has 21 heavy (non-hydrogen) atoms. The molecule has 1 amide bonds. The summed E-state index contributed by atoms with van der Waals surface area (Å²) in [6.07, 6.45) is 0.895. The van der Waals surface area contributed by atoms with Crippen molar-refractivity contribution >= 4 is 16.8 Å². The van der Waals surface area contributed by atoms with E-state index in [0.29, 0.717) is 12.2 Å². The van der Waals surface area contributed by atoms with Crippen LogP contribution in [0, 0.1) is 13.8 Å². The molecule has 4 heteroatoms. The van der Waals surface area contributed by atoms with Gasteiger partial charge in [-0.3, -0.25) is 4.79 Å². The molecule has 2 heterocycles. The normalized spacial score (nSPS) is 25.4. The van der Waals surface area contributed by atoms with Crippen LogP contribution < -0.4 is 5.32 Å². The maximum Gasteiger partial charge on any atom is 0.251 e. The van der Waals surface area contributed by atoms with Crippen LogP contribution in [0.2, 0.25) is 0 Å². The van der Waals surface area contributed by atoms with Gasteiger partial charge in [0.2, 0.25) is 0 Å². The second-order valence-corrected chi connectivity index (χ2v) is 6.27. The van der Waals surface area contributed by atoms with Crippen LogP contribution in [0.4, 0.5) is 0 Å². The molecule has 1 fully saturated rings. The first-order valence-corrected chi connectivity index (χ1v) is 7.44. The molecule has 3 rings (SSSR count). The SMILES string of the molecule is Cc1[nH]c2ccc(C(=O)NC3(C)CCOC3C)cc2c1C. The Morgan fingerprint density at radius 3 is 2.86 bits per heavy atom. The van der Waals surface area contributed by atoms with Gasteiger partial charge in [0.15, 0.2) is 0 Å². The number of benzene rings is 1. The Morgan fingerprint density at radius 1 is 1.43 bits per heavy atom. The molecule has 2 aromatic rings. The molecule has 0 radical (unpaired) electrons. The number of carbonyl (C=O) groups is 1. The molecular formula is C17H22N2O2. The molecule has 1 saturated heterocycles. The summed E-state index contributed by atoms with van der Waals surface area (Å²) >= 11 is 0. The van der Waals surface area contributed by atoms with Gasteiger partial charge in [0, 0.05) is 28.8 Å². The fourth-order valence-corrected chi connectivity index (χ4v) is 2.93. The summed E-state index contributed by atoms with van der Waals surface area (Å²) in [5.74, 6) is -0.0324. The van der Waals surface area contributed by atoms with Gasteiger partial charge in [0.1, 0.15) is 0 Å². The number of hydrogen-bond acceptors (Lipinski definition) is 2. The number of fused-ring (bicyclic) bond motifs is 1. The van der Waals surface area contributed by atoms with Crippen LogP contribution >= 0.6 is 0 Å². The largest absolute Gasteiger partial charge is 0.376 e. The topological polar surface area (TPSA) is 54.1 Å². The van der Waals surface area contributed by atoms with Crippen molar-refractivity contribution in [1.29, 1.82) is 0 Å². The standard InChI is InChI=1S/C17H22N2O2/c1-10-11(2)18-15-6-5-13(9-14(10)15)16(20)19-17(4)7-8-21-12(17)3/h5-6,9,12,18H,7-8H2,1-4H3,(H,19,20). The van der Waals surface area contributed by atoms with E-state index in [1.807, 2.05) is 39.0 Å². The summed E-state index contributed by atoms with van der Waals surface area (Å²) in [5, 5.41) is 4.25. The van der Waals surface area contributed by atoms with Crippen molar-refractivity contribution in [1.82, 2.24) is 10.3 Å². The monoisotopic (exact) mass is 286 g/mol. The van der Waals surface area contributed by atoms with Gasteiger partial charge in [-0.2, -0.15) is 0 Å². The Kier molecular flexibility index (Phi) is 3.29. The van der Waals surface area contributed by atoms with E-state index < -0.39 is 0 Å². The number of ether oxygens (including phenoxy) is 1. The predicted molar refractivity (Wildman–Crippen MR) is 83.7 cm³/mol. The summed E-state index contributed by atoms with van der Waals surface area (Å²) in [6, 6.07) is 5.81. The molecule has 1 aliphatic rings. The third kappa shape index (κ3) is 2.33. The molecule has 0 bridgehead atoms. The van der Waals surface area contributed by atoms with E-state index in [-0.39, 0.29) is 17.6 Å². The zero-order valence-electron chi connectivity index (χ0n) is 13.0. The first kappa shape index (κ1) is 14.1. The number of aryl methyl sites for hydroxylation is 2. The van der Waals surface area contributed by atoms with Crippen molar-refractivity contribution in [2.24, 2.45) is 0 Å².